The maximum atomic E-state index is 5.67. The zero-order valence-corrected chi connectivity index (χ0v) is 19.1. The van der Waals surface area contributed by atoms with Gasteiger partial charge in [0.1, 0.15) is 5.75 Å². The van der Waals surface area contributed by atoms with Gasteiger partial charge in [-0.05, 0) is 46.2 Å². The standard InChI is InChI=1S/C20H31N5O.HI/c1-5-21-20(22-12-9-13-25-17(4)14-16(3)24-25)23-15-18-10-7-8-11-19(18)26-6-2;/h7-8,10-11,14H,5-6,9,12-13,15H2,1-4H3,(H2,21,22,23);1H. The third-order valence-corrected chi connectivity index (χ3v) is 3.97. The molecule has 1 heterocycles. The topological polar surface area (TPSA) is 63.5 Å². The predicted molar refractivity (Wildman–Crippen MR) is 122 cm³/mol. The molecule has 150 valence electrons. The van der Waals surface area contributed by atoms with Crippen LogP contribution >= 0.6 is 24.0 Å². The molecule has 0 spiro atoms. The van der Waals surface area contributed by atoms with E-state index in [0.29, 0.717) is 13.2 Å². The smallest absolute Gasteiger partial charge is 0.191 e. The van der Waals surface area contributed by atoms with Crippen LogP contribution in [0.3, 0.4) is 0 Å². The third kappa shape index (κ3) is 7.78. The molecule has 0 radical (unpaired) electrons. The van der Waals surface area contributed by atoms with Crippen LogP contribution in [0, 0.1) is 13.8 Å². The molecule has 0 aliphatic heterocycles. The normalized spacial score (nSPS) is 11.0. The van der Waals surface area contributed by atoms with Gasteiger partial charge in [-0.15, -0.1) is 24.0 Å². The molecule has 0 saturated heterocycles. The van der Waals surface area contributed by atoms with E-state index in [4.69, 9.17) is 4.74 Å². The Balaban J connectivity index is 0.00000364. The summed E-state index contributed by atoms with van der Waals surface area (Å²) in [7, 11) is 0. The number of halogens is 1. The monoisotopic (exact) mass is 485 g/mol. The molecular weight excluding hydrogens is 453 g/mol. The Bertz CT molecular complexity index is 714. The highest BCUT2D eigenvalue weighted by Crippen LogP contribution is 2.18. The number of para-hydroxylation sites is 1. The van der Waals surface area contributed by atoms with Crippen LogP contribution in [0.1, 0.15) is 37.2 Å². The minimum Gasteiger partial charge on any atom is -0.494 e. The fourth-order valence-electron chi connectivity index (χ4n) is 2.77. The molecular formula is C20H32IN5O. The Morgan fingerprint density at radius 3 is 2.63 bits per heavy atom. The minimum atomic E-state index is 0. The molecule has 0 atom stereocenters. The number of hydrogen-bond donors (Lipinski definition) is 2. The van der Waals surface area contributed by atoms with Crippen LogP contribution in [0.2, 0.25) is 0 Å². The zero-order valence-electron chi connectivity index (χ0n) is 16.8. The van der Waals surface area contributed by atoms with Gasteiger partial charge < -0.3 is 15.4 Å². The SMILES string of the molecule is CCNC(=NCc1ccccc1OCC)NCCCn1nc(C)cc1C.I. The number of hydrogen-bond acceptors (Lipinski definition) is 3. The number of aliphatic imine (C=N–C) groups is 1. The highest BCUT2D eigenvalue weighted by molar-refractivity contribution is 14.0. The Kier molecular flexibility index (Phi) is 10.8. The molecule has 2 rings (SSSR count). The summed E-state index contributed by atoms with van der Waals surface area (Å²) in [6, 6.07) is 10.2. The summed E-state index contributed by atoms with van der Waals surface area (Å²) in [5.41, 5.74) is 3.36. The van der Waals surface area contributed by atoms with Gasteiger partial charge in [0.15, 0.2) is 5.96 Å². The molecule has 2 N–H and O–H groups in total. The molecule has 0 aliphatic rings. The fraction of sp³-hybridized carbons (Fsp3) is 0.500. The molecule has 7 heteroatoms. The number of aryl methyl sites for hydroxylation is 3. The number of aromatic nitrogens is 2. The van der Waals surface area contributed by atoms with Crippen LogP contribution in [-0.4, -0.2) is 35.4 Å². The first-order valence-electron chi connectivity index (χ1n) is 9.38. The van der Waals surface area contributed by atoms with Crippen molar-refractivity contribution in [3.8, 4) is 5.75 Å². The Hall–Kier alpha value is -1.77. The summed E-state index contributed by atoms with van der Waals surface area (Å²) in [4.78, 5) is 4.68. The van der Waals surface area contributed by atoms with E-state index in [9.17, 15) is 0 Å². The maximum Gasteiger partial charge on any atom is 0.191 e. The lowest BCUT2D eigenvalue weighted by Crippen LogP contribution is -2.38. The molecule has 27 heavy (non-hydrogen) atoms. The van der Waals surface area contributed by atoms with Gasteiger partial charge in [0.2, 0.25) is 0 Å². The molecule has 0 saturated carbocycles. The summed E-state index contributed by atoms with van der Waals surface area (Å²) in [5, 5.41) is 11.2. The van der Waals surface area contributed by atoms with Crippen molar-refractivity contribution >= 4 is 29.9 Å². The van der Waals surface area contributed by atoms with E-state index < -0.39 is 0 Å². The predicted octanol–water partition coefficient (Wildman–Crippen LogP) is 3.66. The average Bonchev–Trinajstić information content (AvgIpc) is 2.95. The lowest BCUT2D eigenvalue weighted by molar-refractivity contribution is 0.336. The third-order valence-electron chi connectivity index (χ3n) is 3.97. The highest BCUT2D eigenvalue weighted by Gasteiger charge is 2.04. The van der Waals surface area contributed by atoms with E-state index in [1.165, 1.54) is 5.69 Å². The van der Waals surface area contributed by atoms with Crippen molar-refractivity contribution in [2.45, 2.75) is 47.2 Å². The van der Waals surface area contributed by atoms with E-state index in [-0.39, 0.29) is 24.0 Å². The first-order chi connectivity index (χ1) is 12.6. The number of nitrogens with zero attached hydrogens (tertiary/aromatic N) is 3. The van der Waals surface area contributed by atoms with E-state index in [0.717, 1.165) is 49.0 Å². The molecule has 1 aromatic heterocycles. The van der Waals surface area contributed by atoms with E-state index in [1.807, 2.05) is 32.0 Å². The zero-order chi connectivity index (χ0) is 18.8. The van der Waals surface area contributed by atoms with Crippen LogP contribution in [0.15, 0.2) is 35.3 Å². The number of benzene rings is 1. The molecule has 2 aromatic rings. The van der Waals surface area contributed by atoms with Crippen molar-refractivity contribution in [2.75, 3.05) is 19.7 Å². The van der Waals surface area contributed by atoms with Crippen molar-refractivity contribution in [1.82, 2.24) is 20.4 Å². The van der Waals surface area contributed by atoms with Gasteiger partial charge in [-0.1, -0.05) is 18.2 Å². The van der Waals surface area contributed by atoms with Gasteiger partial charge in [-0.3, -0.25) is 4.68 Å². The second kappa shape index (κ2) is 12.6. The number of ether oxygens (including phenoxy) is 1. The minimum absolute atomic E-state index is 0. The van der Waals surface area contributed by atoms with Crippen LogP contribution < -0.4 is 15.4 Å². The summed E-state index contributed by atoms with van der Waals surface area (Å²) < 4.78 is 7.73. The average molecular weight is 485 g/mol. The van der Waals surface area contributed by atoms with Gasteiger partial charge in [-0.2, -0.15) is 5.10 Å². The van der Waals surface area contributed by atoms with Crippen molar-refractivity contribution in [3.63, 3.8) is 0 Å². The molecule has 1 aromatic carbocycles. The van der Waals surface area contributed by atoms with E-state index >= 15 is 0 Å². The fourth-order valence-corrected chi connectivity index (χ4v) is 2.77. The summed E-state index contributed by atoms with van der Waals surface area (Å²) in [6.07, 6.45) is 0.988. The van der Waals surface area contributed by atoms with Crippen LogP contribution in [0.25, 0.3) is 0 Å². The number of rotatable bonds is 9. The lowest BCUT2D eigenvalue weighted by atomic mass is 10.2. The van der Waals surface area contributed by atoms with Crippen molar-refractivity contribution in [1.29, 1.82) is 0 Å². The van der Waals surface area contributed by atoms with Gasteiger partial charge in [-0.25, -0.2) is 4.99 Å². The number of nitrogens with one attached hydrogen (secondary N) is 2. The summed E-state index contributed by atoms with van der Waals surface area (Å²) >= 11 is 0. The maximum absolute atomic E-state index is 5.67. The Labute approximate surface area is 179 Å². The van der Waals surface area contributed by atoms with Gasteiger partial charge in [0.05, 0.1) is 18.8 Å². The first-order valence-corrected chi connectivity index (χ1v) is 9.38. The summed E-state index contributed by atoms with van der Waals surface area (Å²) in [5.74, 6) is 1.73. The lowest BCUT2D eigenvalue weighted by Gasteiger charge is -2.13. The molecule has 0 bridgehead atoms. The van der Waals surface area contributed by atoms with Crippen LogP contribution in [-0.2, 0) is 13.1 Å². The molecule has 0 fully saturated rings. The van der Waals surface area contributed by atoms with Crippen molar-refractivity contribution < 1.29 is 4.74 Å². The van der Waals surface area contributed by atoms with Crippen molar-refractivity contribution in [2.24, 2.45) is 4.99 Å². The van der Waals surface area contributed by atoms with Crippen LogP contribution in [0.4, 0.5) is 0 Å². The van der Waals surface area contributed by atoms with E-state index in [1.54, 1.807) is 0 Å². The second-order valence-corrected chi connectivity index (χ2v) is 6.17. The first kappa shape index (κ1) is 23.3. The van der Waals surface area contributed by atoms with Crippen LogP contribution in [0.5, 0.6) is 5.75 Å². The van der Waals surface area contributed by atoms with Gasteiger partial charge in [0, 0.05) is 30.9 Å². The van der Waals surface area contributed by atoms with Crippen molar-refractivity contribution in [3.05, 3.63) is 47.3 Å². The second-order valence-electron chi connectivity index (χ2n) is 6.17. The Morgan fingerprint density at radius 2 is 1.96 bits per heavy atom. The van der Waals surface area contributed by atoms with Gasteiger partial charge >= 0.3 is 0 Å². The quantitative estimate of drug-likeness (QED) is 0.246. The van der Waals surface area contributed by atoms with Gasteiger partial charge in [0.25, 0.3) is 0 Å². The largest absolute Gasteiger partial charge is 0.494 e. The molecule has 0 amide bonds. The highest BCUT2D eigenvalue weighted by atomic mass is 127. The molecule has 0 unspecified atom stereocenters. The Morgan fingerprint density at radius 1 is 1.19 bits per heavy atom. The molecule has 0 aliphatic carbocycles. The summed E-state index contributed by atoms with van der Waals surface area (Å²) in [6.45, 7) is 12.0. The number of guanidine groups is 1. The van der Waals surface area contributed by atoms with E-state index in [2.05, 4.69) is 51.4 Å². The molecule has 6 nitrogen and oxygen atoms in total.